The smallest absolute Gasteiger partial charge is 0.229 e. The van der Waals surface area contributed by atoms with E-state index >= 15 is 0 Å². The van der Waals surface area contributed by atoms with Gasteiger partial charge in [0.15, 0.2) is 23.0 Å². The highest BCUT2D eigenvalue weighted by Crippen LogP contribution is 2.43. The fourth-order valence-electron chi connectivity index (χ4n) is 4.92. The lowest BCUT2D eigenvalue weighted by molar-refractivity contribution is -0.277. The van der Waals surface area contributed by atoms with Crippen molar-refractivity contribution >= 4 is 0 Å². The first kappa shape index (κ1) is 27.4. The standard InChI is InChI=1S/C26H34O11/c1-33-19-8-13(3-5-17(19)29)7-15-12-35-25(16(15)10-27)14-4-6-18(20(9-14)34-2)36-26-24(32)23(31)22(30)21(11-28)37-26/h3-6,8-9,15-16,21-32H,7,10-12H2,1-2H3/t15-,16+,21-,22+,23+,24+,25+,26-/m0/s1. The third-order valence-corrected chi connectivity index (χ3v) is 7.04. The van der Waals surface area contributed by atoms with Crippen molar-refractivity contribution in [1.82, 2.24) is 0 Å². The van der Waals surface area contributed by atoms with Crippen molar-refractivity contribution in [3.05, 3.63) is 47.5 Å². The summed E-state index contributed by atoms with van der Waals surface area (Å²) < 4.78 is 27.9. The first-order chi connectivity index (χ1) is 17.8. The molecule has 2 aliphatic heterocycles. The molecule has 0 saturated carbocycles. The molecule has 2 saturated heterocycles. The molecule has 0 radical (unpaired) electrons. The maximum Gasteiger partial charge on any atom is 0.229 e. The van der Waals surface area contributed by atoms with Gasteiger partial charge in [0.25, 0.3) is 0 Å². The molecule has 6 N–H and O–H groups in total. The van der Waals surface area contributed by atoms with Gasteiger partial charge in [0, 0.05) is 12.5 Å². The van der Waals surface area contributed by atoms with Crippen molar-refractivity contribution in [2.24, 2.45) is 11.8 Å². The molecule has 0 spiro atoms. The summed E-state index contributed by atoms with van der Waals surface area (Å²) in [6.45, 7) is -0.249. The molecule has 0 aromatic heterocycles. The van der Waals surface area contributed by atoms with Crippen LogP contribution in [0.4, 0.5) is 0 Å². The van der Waals surface area contributed by atoms with E-state index < -0.39 is 43.4 Å². The summed E-state index contributed by atoms with van der Waals surface area (Å²) in [6, 6.07) is 10.2. The van der Waals surface area contributed by atoms with Gasteiger partial charge in [-0.2, -0.15) is 0 Å². The Bertz CT molecular complexity index is 1050. The van der Waals surface area contributed by atoms with Crippen LogP contribution in [0.3, 0.4) is 0 Å². The summed E-state index contributed by atoms with van der Waals surface area (Å²) in [5.74, 6) is 0.766. The van der Waals surface area contributed by atoms with E-state index in [1.807, 2.05) is 6.07 Å². The summed E-state index contributed by atoms with van der Waals surface area (Å²) in [5.41, 5.74) is 1.70. The van der Waals surface area contributed by atoms with Gasteiger partial charge in [-0.05, 0) is 47.7 Å². The SMILES string of the molecule is COc1cc(C[C@H]2CO[C@H](c3ccc(O[C@H]4O[C@@H](CO)[C@@H](O)[C@@H](O)[C@H]4O)c(OC)c3)[C@@H]2CO)ccc1O. The van der Waals surface area contributed by atoms with Gasteiger partial charge in [-0.15, -0.1) is 0 Å². The van der Waals surface area contributed by atoms with E-state index in [0.717, 1.165) is 11.1 Å². The Hall–Kier alpha value is -2.64. The number of methoxy groups -OCH3 is 2. The van der Waals surface area contributed by atoms with Crippen LogP contribution in [0.25, 0.3) is 0 Å². The largest absolute Gasteiger partial charge is 0.504 e. The van der Waals surface area contributed by atoms with Gasteiger partial charge in [0.1, 0.15) is 24.4 Å². The molecule has 0 unspecified atom stereocenters. The Balaban J connectivity index is 1.49. The van der Waals surface area contributed by atoms with Crippen LogP contribution in [0.1, 0.15) is 17.2 Å². The van der Waals surface area contributed by atoms with Crippen LogP contribution >= 0.6 is 0 Å². The number of ether oxygens (including phenoxy) is 5. The highest BCUT2D eigenvalue weighted by atomic mass is 16.7. The van der Waals surface area contributed by atoms with E-state index in [1.54, 1.807) is 30.3 Å². The fourth-order valence-corrected chi connectivity index (χ4v) is 4.92. The third kappa shape index (κ3) is 5.63. The zero-order valence-electron chi connectivity index (χ0n) is 20.6. The molecular weight excluding hydrogens is 488 g/mol. The Morgan fingerprint density at radius 1 is 0.865 bits per heavy atom. The van der Waals surface area contributed by atoms with Gasteiger partial charge in [-0.25, -0.2) is 0 Å². The van der Waals surface area contributed by atoms with Crippen LogP contribution in [0.5, 0.6) is 23.0 Å². The number of hydrogen-bond donors (Lipinski definition) is 6. The fraction of sp³-hybridized carbons (Fsp3) is 0.538. The van der Waals surface area contributed by atoms with Crippen molar-refractivity contribution in [2.45, 2.75) is 43.2 Å². The van der Waals surface area contributed by atoms with Crippen LogP contribution in [0, 0.1) is 11.8 Å². The summed E-state index contributed by atoms with van der Waals surface area (Å²) in [5, 5.41) is 59.7. The molecule has 0 aliphatic carbocycles. The predicted octanol–water partition coefficient (Wildman–Crippen LogP) is 0.127. The van der Waals surface area contributed by atoms with Crippen molar-refractivity contribution in [2.75, 3.05) is 34.0 Å². The van der Waals surface area contributed by atoms with Crippen LogP contribution in [-0.4, -0.2) is 95.4 Å². The van der Waals surface area contributed by atoms with Crippen molar-refractivity contribution in [3.8, 4) is 23.0 Å². The number of aliphatic hydroxyl groups is 5. The zero-order valence-corrected chi connectivity index (χ0v) is 20.6. The molecule has 2 aromatic rings. The summed E-state index contributed by atoms with van der Waals surface area (Å²) in [7, 11) is 2.93. The highest BCUT2D eigenvalue weighted by molar-refractivity contribution is 5.44. The van der Waals surface area contributed by atoms with E-state index in [2.05, 4.69) is 0 Å². The molecule has 37 heavy (non-hydrogen) atoms. The minimum Gasteiger partial charge on any atom is -0.504 e. The number of benzene rings is 2. The molecule has 2 aliphatic rings. The quantitative estimate of drug-likeness (QED) is 0.265. The molecule has 8 atom stereocenters. The highest BCUT2D eigenvalue weighted by Gasteiger charge is 2.45. The molecule has 2 heterocycles. The lowest BCUT2D eigenvalue weighted by Crippen LogP contribution is -2.60. The number of rotatable bonds is 9. The maximum absolute atomic E-state index is 10.3. The van der Waals surface area contributed by atoms with E-state index in [9.17, 15) is 30.6 Å². The topological polar surface area (TPSA) is 168 Å². The normalized spacial score (nSPS) is 31.8. The van der Waals surface area contributed by atoms with Crippen molar-refractivity contribution in [3.63, 3.8) is 0 Å². The van der Waals surface area contributed by atoms with Crippen molar-refractivity contribution in [1.29, 1.82) is 0 Å². The van der Waals surface area contributed by atoms with Gasteiger partial charge in [0.05, 0.1) is 33.5 Å². The van der Waals surface area contributed by atoms with Gasteiger partial charge >= 0.3 is 0 Å². The lowest BCUT2D eigenvalue weighted by atomic mass is 9.84. The minimum absolute atomic E-state index is 0.0142. The lowest BCUT2D eigenvalue weighted by Gasteiger charge is -2.39. The van der Waals surface area contributed by atoms with E-state index in [1.165, 1.54) is 14.2 Å². The van der Waals surface area contributed by atoms with Crippen LogP contribution in [0.2, 0.25) is 0 Å². The number of aliphatic hydroxyl groups excluding tert-OH is 5. The van der Waals surface area contributed by atoms with Crippen LogP contribution in [-0.2, 0) is 15.9 Å². The minimum atomic E-state index is -1.57. The van der Waals surface area contributed by atoms with E-state index in [0.29, 0.717) is 24.5 Å². The zero-order chi connectivity index (χ0) is 26.7. The van der Waals surface area contributed by atoms with Gasteiger partial charge in [0.2, 0.25) is 6.29 Å². The molecule has 4 rings (SSSR count). The summed E-state index contributed by atoms with van der Waals surface area (Å²) >= 11 is 0. The second-order valence-electron chi connectivity index (χ2n) is 9.30. The first-order valence-corrected chi connectivity index (χ1v) is 12.0. The van der Waals surface area contributed by atoms with Crippen LogP contribution in [0.15, 0.2) is 36.4 Å². The summed E-state index contributed by atoms with van der Waals surface area (Å²) in [4.78, 5) is 0. The van der Waals surface area contributed by atoms with Crippen molar-refractivity contribution < 1.29 is 54.3 Å². The van der Waals surface area contributed by atoms with Gasteiger partial charge < -0.3 is 54.3 Å². The molecule has 0 bridgehead atoms. The maximum atomic E-state index is 10.3. The summed E-state index contributed by atoms with van der Waals surface area (Å²) in [6.07, 6.45) is -6.86. The Morgan fingerprint density at radius 3 is 2.30 bits per heavy atom. The third-order valence-electron chi connectivity index (χ3n) is 7.04. The molecule has 11 nitrogen and oxygen atoms in total. The Morgan fingerprint density at radius 2 is 1.62 bits per heavy atom. The number of phenols is 1. The van der Waals surface area contributed by atoms with E-state index in [-0.39, 0.29) is 29.9 Å². The average molecular weight is 523 g/mol. The number of aromatic hydroxyl groups is 1. The Kier molecular flexibility index (Phi) is 8.75. The van der Waals surface area contributed by atoms with Gasteiger partial charge in [-0.1, -0.05) is 12.1 Å². The second-order valence-corrected chi connectivity index (χ2v) is 9.30. The van der Waals surface area contributed by atoms with Crippen LogP contribution < -0.4 is 14.2 Å². The number of hydrogen-bond acceptors (Lipinski definition) is 11. The Labute approximate surface area is 214 Å². The first-order valence-electron chi connectivity index (χ1n) is 12.0. The average Bonchev–Trinajstić information content (AvgIpc) is 3.32. The molecule has 11 heteroatoms. The molecule has 204 valence electrons. The molecule has 2 aromatic carbocycles. The predicted molar refractivity (Wildman–Crippen MR) is 129 cm³/mol. The molecule has 2 fully saturated rings. The molecular formula is C26H34O11. The monoisotopic (exact) mass is 522 g/mol. The van der Waals surface area contributed by atoms with Gasteiger partial charge in [-0.3, -0.25) is 0 Å². The number of phenolic OH excluding ortho intramolecular Hbond substituents is 1. The molecule has 0 amide bonds. The second kappa shape index (κ2) is 11.8. The van der Waals surface area contributed by atoms with E-state index in [4.69, 9.17) is 23.7 Å².